The standard InChI is InChI=1S/C17H16F2N4O2.C16H14ClFN4O/c1-22(2)12-6-7-15-21-14(10-23(15)9-12)16(24)20-11-4-3-5-13(8-11)25-17(18)19;1-21(2)10-6-7-14-19-13(9-22(14)8-10)16(23)20-12-5-3-4-11(17)15(12)18/h3-10,17H,1-2H3,(H,20,24);3-9H,1-2H3,(H,20,23). The van der Waals surface area contributed by atoms with Gasteiger partial charge >= 0.3 is 6.61 Å². The molecule has 11 nitrogen and oxygen atoms in total. The molecule has 0 aliphatic rings. The average Bonchev–Trinajstić information content (AvgIpc) is 3.67. The van der Waals surface area contributed by atoms with Crippen molar-refractivity contribution in [1.29, 1.82) is 0 Å². The Balaban J connectivity index is 0.000000188. The molecular weight excluding hydrogens is 649 g/mol. The summed E-state index contributed by atoms with van der Waals surface area (Å²) < 4.78 is 46.2. The lowest BCUT2D eigenvalue weighted by Crippen LogP contribution is -2.13. The summed E-state index contributed by atoms with van der Waals surface area (Å²) in [5.74, 6) is -1.63. The van der Waals surface area contributed by atoms with Gasteiger partial charge in [0, 0.05) is 64.7 Å². The van der Waals surface area contributed by atoms with Crippen molar-refractivity contribution < 1.29 is 27.5 Å². The highest BCUT2D eigenvalue weighted by Gasteiger charge is 2.15. The fourth-order valence-electron chi connectivity index (χ4n) is 4.44. The zero-order chi connectivity index (χ0) is 34.5. The van der Waals surface area contributed by atoms with Crippen LogP contribution in [0.2, 0.25) is 5.02 Å². The minimum Gasteiger partial charge on any atom is -0.435 e. The van der Waals surface area contributed by atoms with Gasteiger partial charge in [0.2, 0.25) is 0 Å². The van der Waals surface area contributed by atoms with Crippen LogP contribution in [-0.2, 0) is 0 Å². The zero-order valence-corrected chi connectivity index (χ0v) is 26.9. The lowest BCUT2D eigenvalue weighted by atomic mass is 10.3. The second kappa shape index (κ2) is 14.3. The van der Waals surface area contributed by atoms with Crippen molar-refractivity contribution in [2.75, 3.05) is 48.6 Å². The SMILES string of the molecule is CN(C)c1ccc2nc(C(=O)Nc3cccc(Cl)c3F)cn2c1.CN(C)c1ccc2nc(C(=O)Nc3cccc(OC(F)F)c3)cn2c1. The normalized spacial score (nSPS) is 10.9. The van der Waals surface area contributed by atoms with Gasteiger partial charge < -0.3 is 34.0 Å². The molecule has 0 saturated carbocycles. The van der Waals surface area contributed by atoms with E-state index in [-0.39, 0.29) is 27.8 Å². The topological polar surface area (TPSA) is 109 Å². The smallest absolute Gasteiger partial charge is 0.387 e. The summed E-state index contributed by atoms with van der Waals surface area (Å²) >= 11 is 5.70. The van der Waals surface area contributed by atoms with E-state index in [1.807, 2.05) is 74.6 Å². The van der Waals surface area contributed by atoms with Crippen molar-refractivity contribution in [3.05, 3.63) is 114 Å². The average molecular weight is 679 g/mol. The zero-order valence-electron chi connectivity index (χ0n) is 26.2. The quantitative estimate of drug-likeness (QED) is 0.185. The third-order valence-corrected chi connectivity index (χ3v) is 7.18. The predicted octanol–water partition coefficient (Wildman–Crippen LogP) is 6.70. The van der Waals surface area contributed by atoms with Crippen LogP contribution in [-0.4, -0.2) is 65.4 Å². The van der Waals surface area contributed by atoms with Crippen molar-refractivity contribution in [3.8, 4) is 5.75 Å². The van der Waals surface area contributed by atoms with Gasteiger partial charge in [-0.2, -0.15) is 8.78 Å². The van der Waals surface area contributed by atoms with Gasteiger partial charge in [-0.3, -0.25) is 9.59 Å². The number of amides is 2. The fraction of sp³-hybridized carbons (Fsp3) is 0.152. The Labute approximate surface area is 278 Å². The van der Waals surface area contributed by atoms with Crippen molar-refractivity contribution >= 4 is 57.5 Å². The number of pyridine rings is 2. The third kappa shape index (κ3) is 7.96. The number of rotatable bonds is 8. The first-order valence-corrected chi connectivity index (χ1v) is 14.7. The molecule has 0 saturated heterocycles. The van der Waals surface area contributed by atoms with Crippen molar-refractivity contribution in [2.24, 2.45) is 0 Å². The van der Waals surface area contributed by atoms with E-state index in [1.165, 1.54) is 30.3 Å². The molecule has 0 fully saturated rings. The van der Waals surface area contributed by atoms with Crippen LogP contribution in [0, 0.1) is 5.82 Å². The number of halogens is 4. The van der Waals surface area contributed by atoms with Crippen LogP contribution in [0.15, 0.2) is 91.5 Å². The number of fused-ring (bicyclic) bond motifs is 2. The first-order valence-electron chi connectivity index (χ1n) is 14.3. The van der Waals surface area contributed by atoms with Gasteiger partial charge in [0.05, 0.1) is 22.1 Å². The summed E-state index contributed by atoms with van der Waals surface area (Å²) in [7, 11) is 7.68. The molecule has 0 atom stereocenters. The predicted molar refractivity (Wildman–Crippen MR) is 179 cm³/mol. The lowest BCUT2D eigenvalue weighted by molar-refractivity contribution is -0.0498. The van der Waals surface area contributed by atoms with E-state index in [2.05, 4.69) is 25.3 Å². The summed E-state index contributed by atoms with van der Waals surface area (Å²) in [5, 5.41) is 5.05. The number of benzene rings is 2. The maximum atomic E-state index is 13.8. The molecule has 48 heavy (non-hydrogen) atoms. The first-order chi connectivity index (χ1) is 22.9. The molecule has 4 heterocycles. The molecule has 6 rings (SSSR count). The highest BCUT2D eigenvalue weighted by atomic mass is 35.5. The number of anilines is 4. The van der Waals surface area contributed by atoms with Crippen LogP contribution in [0.25, 0.3) is 11.3 Å². The largest absolute Gasteiger partial charge is 0.435 e. The van der Waals surface area contributed by atoms with Gasteiger partial charge in [-0.1, -0.05) is 23.7 Å². The molecule has 0 bridgehead atoms. The molecule has 2 N–H and O–H groups in total. The highest BCUT2D eigenvalue weighted by molar-refractivity contribution is 6.31. The van der Waals surface area contributed by atoms with Gasteiger partial charge in [-0.05, 0) is 48.5 Å². The second-order valence-electron chi connectivity index (χ2n) is 10.8. The second-order valence-corrected chi connectivity index (χ2v) is 11.2. The maximum absolute atomic E-state index is 13.8. The van der Waals surface area contributed by atoms with E-state index in [1.54, 1.807) is 33.3 Å². The summed E-state index contributed by atoms with van der Waals surface area (Å²) in [6, 6.07) is 17.6. The fourth-order valence-corrected chi connectivity index (χ4v) is 4.61. The van der Waals surface area contributed by atoms with Crippen LogP contribution in [0.4, 0.5) is 35.9 Å². The van der Waals surface area contributed by atoms with E-state index in [0.29, 0.717) is 17.0 Å². The molecule has 0 aliphatic heterocycles. The number of carbonyl (C=O) groups is 2. The Morgan fingerprint density at radius 2 is 1.31 bits per heavy atom. The minimum absolute atomic E-state index is 0.0218. The first kappa shape index (κ1) is 33.6. The number of alkyl halides is 2. The summed E-state index contributed by atoms with van der Waals surface area (Å²) in [5.41, 5.74) is 3.98. The monoisotopic (exact) mass is 678 g/mol. The summed E-state index contributed by atoms with van der Waals surface area (Å²) in [4.78, 5) is 37.0. The summed E-state index contributed by atoms with van der Waals surface area (Å²) in [6.45, 7) is -2.92. The number of imidazole rings is 2. The molecule has 4 aromatic heterocycles. The van der Waals surface area contributed by atoms with Crippen molar-refractivity contribution in [2.45, 2.75) is 6.61 Å². The molecule has 0 aliphatic carbocycles. The number of carbonyl (C=O) groups excluding carboxylic acids is 2. The molecule has 0 radical (unpaired) electrons. The number of aromatic nitrogens is 4. The van der Waals surface area contributed by atoms with Crippen LogP contribution < -0.4 is 25.2 Å². The van der Waals surface area contributed by atoms with E-state index in [0.717, 1.165) is 11.4 Å². The van der Waals surface area contributed by atoms with Crippen LogP contribution in [0.5, 0.6) is 5.75 Å². The maximum Gasteiger partial charge on any atom is 0.387 e. The molecule has 2 amide bonds. The van der Waals surface area contributed by atoms with Crippen molar-refractivity contribution in [1.82, 2.24) is 18.8 Å². The third-order valence-electron chi connectivity index (χ3n) is 6.89. The van der Waals surface area contributed by atoms with E-state index in [4.69, 9.17) is 11.6 Å². The molecule has 15 heteroatoms. The molecule has 0 spiro atoms. The molecule has 2 aromatic carbocycles. The number of hydrogen-bond acceptors (Lipinski definition) is 7. The van der Waals surface area contributed by atoms with Gasteiger partial charge in [0.25, 0.3) is 11.8 Å². The Bertz CT molecular complexity index is 2100. The Kier molecular flexibility index (Phi) is 10.0. The van der Waals surface area contributed by atoms with Crippen LogP contribution in [0.1, 0.15) is 21.0 Å². The lowest BCUT2D eigenvalue weighted by Gasteiger charge is -2.11. The van der Waals surface area contributed by atoms with Gasteiger partial charge in [-0.15, -0.1) is 0 Å². The highest BCUT2D eigenvalue weighted by Crippen LogP contribution is 2.23. The van der Waals surface area contributed by atoms with Crippen LogP contribution >= 0.6 is 11.6 Å². The molecule has 248 valence electrons. The van der Waals surface area contributed by atoms with Crippen LogP contribution in [0.3, 0.4) is 0 Å². The van der Waals surface area contributed by atoms with Gasteiger partial charge in [0.1, 0.15) is 28.4 Å². The van der Waals surface area contributed by atoms with Gasteiger partial charge in [0.15, 0.2) is 5.82 Å². The summed E-state index contributed by atoms with van der Waals surface area (Å²) in [6.07, 6.45) is 6.92. The number of nitrogens with zero attached hydrogens (tertiary/aromatic N) is 6. The van der Waals surface area contributed by atoms with E-state index < -0.39 is 24.2 Å². The van der Waals surface area contributed by atoms with Gasteiger partial charge in [-0.25, -0.2) is 14.4 Å². The van der Waals surface area contributed by atoms with E-state index >= 15 is 0 Å². The molecule has 6 aromatic rings. The number of ether oxygens (including phenoxy) is 1. The van der Waals surface area contributed by atoms with E-state index in [9.17, 15) is 22.8 Å². The molecule has 0 unspecified atom stereocenters. The van der Waals surface area contributed by atoms with Crippen molar-refractivity contribution in [3.63, 3.8) is 0 Å². The Morgan fingerprint density at radius 1 is 0.771 bits per heavy atom. The molecular formula is C33H30ClF3N8O3. The number of hydrogen-bond donors (Lipinski definition) is 2. The Morgan fingerprint density at radius 3 is 1.85 bits per heavy atom. The minimum atomic E-state index is -2.92. The Hall–Kier alpha value is -5.76. The number of nitrogens with one attached hydrogen (secondary N) is 2.